The average Bonchev–Trinajstić information content (AvgIpc) is 2.04. The molecule has 0 saturated carbocycles. The number of carbonyl (C=O) groups is 1. The molecule has 0 fully saturated rings. The standard InChI is InChI=1S/C8H5F3O2/c9-6-2-1-4(8(12)13)3-5(6)7(10)11/h1-3,7H,(H,12,13). The van der Waals surface area contributed by atoms with Crippen molar-refractivity contribution in [1.29, 1.82) is 0 Å². The van der Waals surface area contributed by atoms with Crippen molar-refractivity contribution in [3.8, 4) is 0 Å². The van der Waals surface area contributed by atoms with Crippen molar-refractivity contribution in [2.45, 2.75) is 6.43 Å². The molecule has 0 aliphatic heterocycles. The molecule has 0 aliphatic carbocycles. The minimum atomic E-state index is -3.00. The number of aromatic carboxylic acids is 1. The van der Waals surface area contributed by atoms with Gasteiger partial charge in [-0.1, -0.05) is 0 Å². The second-order valence-electron chi connectivity index (χ2n) is 2.34. The number of alkyl halides is 2. The largest absolute Gasteiger partial charge is 0.478 e. The van der Waals surface area contributed by atoms with Crippen LogP contribution in [0.4, 0.5) is 13.2 Å². The molecule has 0 radical (unpaired) electrons. The molecule has 0 bridgehead atoms. The maximum Gasteiger partial charge on any atom is 0.335 e. The monoisotopic (exact) mass is 190 g/mol. The third-order valence-electron chi connectivity index (χ3n) is 1.48. The van der Waals surface area contributed by atoms with Crippen molar-refractivity contribution < 1.29 is 23.1 Å². The molecule has 5 heteroatoms. The van der Waals surface area contributed by atoms with Gasteiger partial charge in [0.1, 0.15) is 5.82 Å². The molecule has 1 aromatic rings. The van der Waals surface area contributed by atoms with Crippen LogP contribution in [0, 0.1) is 5.82 Å². The number of benzene rings is 1. The number of halogens is 3. The highest BCUT2D eigenvalue weighted by atomic mass is 19.3. The van der Waals surface area contributed by atoms with Crippen molar-refractivity contribution in [2.24, 2.45) is 0 Å². The number of hydrogen-bond donors (Lipinski definition) is 1. The van der Waals surface area contributed by atoms with Crippen LogP contribution in [0.5, 0.6) is 0 Å². The minimum absolute atomic E-state index is 0.350. The summed E-state index contributed by atoms with van der Waals surface area (Å²) in [6, 6.07) is 2.27. The molecule has 0 aliphatic rings. The zero-order valence-electron chi connectivity index (χ0n) is 6.30. The molecular formula is C8H5F3O2. The quantitative estimate of drug-likeness (QED) is 0.777. The fourth-order valence-corrected chi connectivity index (χ4v) is 0.844. The third kappa shape index (κ3) is 1.99. The molecule has 1 N–H and O–H groups in total. The third-order valence-corrected chi connectivity index (χ3v) is 1.48. The number of hydrogen-bond acceptors (Lipinski definition) is 1. The first kappa shape index (κ1) is 9.57. The minimum Gasteiger partial charge on any atom is -0.478 e. The van der Waals surface area contributed by atoms with Gasteiger partial charge in [0.2, 0.25) is 0 Å². The molecule has 13 heavy (non-hydrogen) atoms. The highest BCUT2D eigenvalue weighted by Gasteiger charge is 2.15. The lowest BCUT2D eigenvalue weighted by molar-refractivity contribution is 0.0696. The summed E-state index contributed by atoms with van der Waals surface area (Å²) in [4.78, 5) is 10.3. The molecule has 0 atom stereocenters. The number of carboxylic acids is 1. The van der Waals surface area contributed by atoms with Gasteiger partial charge in [-0.2, -0.15) is 0 Å². The molecule has 1 rings (SSSR count). The Morgan fingerprint density at radius 2 is 2.00 bits per heavy atom. The second-order valence-corrected chi connectivity index (χ2v) is 2.34. The van der Waals surface area contributed by atoms with Crippen molar-refractivity contribution in [2.75, 3.05) is 0 Å². The summed E-state index contributed by atoms with van der Waals surface area (Å²) in [6.45, 7) is 0. The molecular weight excluding hydrogens is 185 g/mol. The zero-order chi connectivity index (χ0) is 10.0. The lowest BCUT2D eigenvalue weighted by Crippen LogP contribution is -1.99. The van der Waals surface area contributed by atoms with Crippen LogP contribution in [0.25, 0.3) is 0 Å². The van der Waals surface area contributed by atoms with Crippen molar-refractivity contribution in [1.82, 2.24) is 0 Å². The van der Waals surface area contributed by atoms with Crippen LogP contribution in [0.1, 0.15) is 22.3 Å². The fraction of sp³-hybridized carbons (Fsp3) is 0.125. The fourth-order valence-electron chi connectivity index (χ4n) is 0.844. The summed E-state index contributed by atoms with van der Waals surface area (Å²) in [5.41, 5.74) is -1.24. The van der Waals surface area contributed by atoms with Crippen molar-refractivity contribution in [3.63, 3.8) is 0 Å². The maximum absolute atomic E-state index is 12.6. The van der Waals surface area contributed by atoms with Gasteiger partial charge in [0.15, 0.2) is 0 Å². The molecule has 0 saturated heterocycles. The topological polar surface area (TPSA) is 37.3 Å². The Morgan fingerprint density at radius 3 is 2.46 bits per heavy atom. The predicted molar refractivity (Wildman–Crippen MR) is 38.3 cm³/mol. The van der Waals surface area contributed by atoms with Crippen LogP contribution < -0.4 is 0 Å². The van der Waals surface area contributed by atoms with E-state index >= 15 is 0 Å². The van der Waals surface area contributed by atoms with Gasteiger partial charge in [-0.05, 0) is 18.2 Å². The Bertz CT molecular complexity index is 336. The smallest absolute Gasteiger partial charge is 0.335 e. The summed E-state index contributed by atoms with van der Waals surface area (Å²) in [7, 11) is 0. The first-order valence-electron chi connectivity index (χ1n) is 3.33. The lowest BCUT2D eigenvalue weighted by Gasteiger charge is -2.02. The SMILES string of the molecule is O=C(O)c1ccc(F)c(C(F)F)c1. The van der Waals surface area contributed by atoms with Crippen LogP contribution in [-0.4, -0.2) is 11.1 Å². The van der Waals surface area contributed by atoms with Crippen LogP contribution >= 0.6 is 0 Å². The maximum atomic E-state index is 12.6. The molecule has 0 unspecified atom stereocenters. The van der Waals surface area contributed by atoms with Crippen LogP contribution in [0.2, 0.25) is 0 Å². The zero-order valence-corrected chi connectivity index (χ0v) is 6.30. The van der Waals surface area contributed by atoms with E-state index in [1.807, 2.05) is 0 Å². The van der Waals surface area contributed by atoms with Crippen molar-refractivity contribution >= 4 is 5.97 Å². The molecule has 0 spiro atoms. The van der Waals surface area contributed by atoms with E-state index in [1.165, 1.54) is 0 Å². The average molecular weight is 190 g/mol. The van der Waals surface area contributed by atoms with Gasteiger partial charge in [0, 0.05) is 0 Å². The molecule has 0 amide bonds. The van der Waals surface area contributed by atoms with Gasteiger partial charge < -0.3 is 5.11 Å². The van der Waals surface area contributed by atoms with Gasteiger partial charge in [-0.15, -0.1) is 0 Å². The van der Waals surface area contributed by atoms with Gasteiger partial charge in [0.25, 0.3) is 6.43 Å². The van der Waals surface area contributed by atoms with Gasteiger partial charge in [-0.25, -0.2) is 18.0 Å². The first-order chi connectivity index (χ1) is 6.02. The lowest BCUT2D eigenvalue weighted by atomic mass is 10.1. The molecule has 2 nitrogen and oxygen atoms in total. The first-order valence-corrected chi connectivity index (χ1v) is 3.33. The molecule has 1 aromatic carbocycles. The van der Waals surface area contributed by atoms with Crippen LogP contribution in [0.3, 0.4) is 0 Å². The highest BCUT2D eigenvalue weighted by molar-refractivity contribution is 5.87. The van der Waals surface area contributed by atoms with E-state index in [4.69, 9.17) is 5.11 Å². The van der Waals surface area contributed by atoms with E-state index in [2.05, 4.69) is 0 Å². The van der Waals surface area contributed by atoms with E-state index in [1.54, 1.807) is 0 Å². The highest BCUT2D eigenvalue weighted by Crippen LogP contribution is 2.22. The van der Waals surface area contributed by atoms with E-state index in [-0.39, 0.29) is 5.56 Å². The molecule has 0 heterocycles. The van der Waals surface area contributed by atoms with E-state index in [0.29, 0.717) is 12.1 Å². The Kier molecular flexibility index (Phi) is 2.55. The normalized spacial score (nSPS) is 10.5. The van der Waals surface area contributed by atoms with Gasteiger partial charge in [-0.3, -0.25) is 0 Å². The Balaban J connectivity index is 3.19. The molecule has 70 valence electrons. The summed E-state index contributed by atoms with van der Waals surface area (Å²) in [5, 5.41) is 8.41. The van der Waals surface area contributed by atoms with E-state index in [0.717, 1.165) is 6.07 Å². The second kappa shape index (κ2) is 3.47. The Hall–Kier alpha value is -1.52. The van der Waals surface area contributed by atoms with Gasteiger partial charge in [0.05, 0.1) is 11.1 Å². The van der Waals surface area contributed by atoms with E-state index < -0.39 is 23.8 Å². The van der Waals surface area contributed by atoms with Crippen molar-refractivity contribution in [3.05, 3.63) is 35.1 Å². The Labute approximate surface area is 71.6 Å². The van der Waals surface area contributed by atoms with Gasteiger partial charge >= 0.3 is 5.97 Å². The van der Waals surface area contributed by atoms with Crippen LogP contribution in [-0.2, 0) is 0 Å². The Morgan fingerprint density at radius 1 is 1.38 bits per heavy atom. The number of carboxylic acid groups (broad SMARTS) is 1. The number of rotatable bonds is 2. The summed E-state index contributed by atoms with van der Waals surface area (Å²) in [5.74, 6) is -2.46. The summed E-state index contributed by atoms with van der Waals surface area (Å²) in [6.07, 6.45) is -3.00. The predicted octanol–water partition coefficient (Wildman–Crippen LogP) is 2.46. The molecule has 0 aromatic heterocycles. The van der Waals surface area contributed by atoms with Crippen LogP contribution in [0.15, 0.2) is 18.2 Å². The van der Waals surface area contributed by atoms with E-state index in [9.17, 15) is 18.0 Å². The summed E-state index contributed by atoms with van der Waals surface area (Å²) >= 11 is 0. The summed E-state index contributed by atoms with van der Waals surface area (Å²) < 4.78 is 36.7.